The molecule has 0 radical (unpaired) electrons. The van der Waals surface area contributed by atoms with E-state index >= 15 is 0 Å². The highest BCUT2D eigenvalue weighted by molar-refractivity contribution is 7.09. The third-order valence-electron chi connectivity index (χ3n) is 3.99. The Morgan fingerprint density at radius 3 is 2.45 bits per heavy atom. The van der Waals surface area contributed by atoms with E-state index in [0.29, 0.717) is 6.54 Å². The molecular weight excluding hydrogens is 268 g/mol. The molecule has 0 unspecified atom stereocenters. The van der Waals surface area contributed by atoms with Gasteiger partial charge in [-0.1, -0.05) is 46.5 Å². The Hall–Kier alpha value is -0.450. The summed E-state index contributed by atoms with van der Waals surface area (Å²) in [5, 5.41) is 17.3. The number of rotatable bonds is 4. The molecule has 0 atom stereocenters. The molecule has 4 heteroatoms. The monoisotopic (exact) mass is 296 g/mol. The number of hydrogen-bond donors (Lipinski definition) is 2. The number of nitrogens with one attached hydrogen (secondary N) is 1. The van der Waals surface area contributed by atoms with Gasteiger partial charge in [-0.3, -0.25) is 0 Å². The molecule has 0 aromatic carbocycles. The van der Waals surface area contributed by atoms with Gasteiger partial charge >= 0.3 is 0 Å². The van der Waals surface area contributed by atoms with Crippen molar-refractivity contribution in [2.24, 2.45) is 0 Å². The van der Waals surface area contributed by atoms with Gasteiger partial charge in [-0.2, -0.15) is 0 Å². The molecule has 3 nitrogen and oxygen atoms in total. The van der Waals surface area contributed by atoms with Crippen molar-refractivity contribution in [3.05, 3.63) is 16.1 Å². The van der Waals surface area contributed by atoms with Crippen LogP contribution in [0.1, 0.15) is 70.0 Å². The lowest BCUT2D eigenvalue weighted by Gasteiger charge is -2.26. The van der Waals surface area contributed by atoms with E-state index < -0.39 is 5.60 Å². The smallest absolute Gasteiger partial charge is 0.0982 e. The molecule has 1 heterocycles. The molecule has 2 rings (SSSR count). The van der Waals surface area contributed by atoms with E-state index in [1.807, 2.05) is 0 Å². The standard InChI is InChI=1S/C16H28N2OS/c1-15(2,3)14-18-13(11-20-14)10-17-12-16(19)8-6-4-5-7-9-16/h11,17,19H,4-10,12H2,1-3H3. The molecule has 0 spiro atoms. The largest absolute Gasteiger partial charge is 0.389 e. The van der Waals surface area contributed by atoms with Gasteiger partial charge in [0.1, 0.15) is 0 Å². The molecule has 1 fully saturated rings. The van der Waals surface area contributed by atoms with E-state index in [4.69, 9.17) is 0 Å². The van der Waals surface area contributed by atoms with Crippen molar-refractivity contribution in [3.63, 3.8) is 0 Å². The van der Waals surface area contributed by atoms with Crippen molar-refractivity contribution < 1.29 is 5.11 Å². The second-order valence-corrected chi connectivity index (χ2v) is 7.99. The molecule has 1 aromatic heterocycles. The normalized spacial score (nSPS) is 19.8. The zero-order chi connectivity index (χ0) is 14.6. The molecule has 114 valence electrons. The third kappa shape index (κ3) is 4.54. The van der Waals surface area contributed by atoms with Gasteiger partial charge in [0, 0.05) is 23.9 Å². The van der Waals surface area contributed by atoms with Gasteiger partial charge in [0.15, 0.2) is 0 Å². The van der Waals surface area contributed by atoms with Crippen molar-refractivity contribution in [1.82, 2.24) is 10.3 Å². The molecule has 0 bridgehead atoms. The minimum absolute atomic E-state index is 0.127. The van der Waals surface area contributed by atoms with Gasteiger partial charge in [0.25, 0.3) is 0 Å². The summed E-state index contributed by atoms with van der Waals surface area (Å²) >= 11 is 1.73. The maximum atomic E-state index is 10.6. The average Bonchev–Trinajstić information content (AvgIpc) is 2.73. The van der Waals surface area contributed by atoms with Crippen molar-refractivity contribution >= 4 is 11.3 Å². The average molecular weight is 296 g/mol. The molecule has 1 aromatic rings. The second kappa shape index (κ2) is 6.54. The fourth-order valence-corrected chi connectivity index (χ4v) is 3.63. The Morgan fingerprint density at radius 1 is 1.25 bits per heavy atom. The predicted molar refractivity (Wildman–Crippen MR) is 85.2 cm³/mol. The second-order valence-electron chi connectivity index (χ2n) is 7.14. The lowest BCUT2D eigenvalue weighted by molar-refractivity contribution is 0.0250. The van der Waals surface area contributed by atoms with E-state index in [9.17, 15) is 5.11 Å². The summed E-state index contributed by atoms with van der Waals surface area (Å²) in [5.74, 6) is 0. The zero-order valence-corrected chi connectivity index (χ0v) is 13.9. The zero-order valence-electron chi connectivity index (χ0n) is 13.0. The van der Waals surface area contributed by atoms with Crippen LogP contribution >= 0.6 is 11.3 Å². The number of nitrogens with zero attached hydrogens (tertiary/aromatic N) is 1. The van der Waals surface area contributed by atoms with Gasteiger partial charge < -0.3 is 10.4 Å². The fourth-order valence-electron chi connectivity index (χ4n) is 2.72. The molecule has 1 aliphatic rings. The maximum Gasteiger partial charge on any atom is 0.0982 e. The number of aromatic nitrogens is 1. The van der Waals surface area contributed by atoms with E-state index in [1.54, 1.807) is 11.3 Å². The SMILES string of the molecule is CC(C)(C)c1nc(CNCC2(O)CCCCCC2)cs1. The maximum absolute atomic E-state index is 10.6. The summed E-state index contributed by atoms with van der Waals surface area (Å²) in [6.45, 7) is 8.02. The molecule has 1 aliphatic carbocycles. The minimum Gasteiger partial charge on any atom is -0.389 e. The lowest BCUT2D eigenvalue weighted by atomic mass is 9.94. The van der Waals surface area contributed by atoms with Crippen molar-refractivity contribution in [2.45, 2.75) is 76.9 Å². The summed E-state index contributed by atoms with van der Waals surface area (Å²) in [6.07, 6.45) is 6.72. The first kappa shape index (κ1) is 15.9. The Morgan fingerprint density at radius 2 is 1.90 bits per heavy atom. The molecule has 0 aliphatic heterocycles. The Labute approximate surface area is 126 Å². The summed E-state index contributed by atoms with van der Waals surface area (Å²) in [5.41, 5.74) is 0.721. The highest BCUT2D eigenvalue weighted by Crippen LogP contribution is 2.27. The Balaban J connectivity index is 1.82. The molecule has 20 heavy (non-hydrogen) atoms. The number of aliphatic hydroxyl groups is 1. The fraction of sp³-hybridized carbons (Fsp3) is 0.812. The van der Waals surface area contributed by atoms with Crippen LogP contribution in [-0.2, 0) is 12.0 Å². The predicted octanol–water partition coefficient (Wildman–Crippen LogP) is 3.62. The van der Waals surface area contributed by atoms with Crippen LogP contribution in [0.25, 0.3) is 0 Å². The van der Waals surface area contributed by atoms with Crippen LogP contribution in [0.4, 0.5) is 0 Å². The first-order valence-corrected chi connectivity index (χ1v) is 8.65. The third-order valence-corrected chi connectivity index (χ3v) is 5.30. The van der Waals surface area contributed by atoms with Crippen LogP contribution in [0.3, 0.4) is 0 Å². The van der Waals surface area contributed by atoms with E-state index in [2.05, 4.69) is 36.5 Å². The van der Waals surface area contributed by atoms with Crippen LogP contribution in [0.5, 0.6) is 0 Å². The van der Waals surface area contributed by atoms with Gasteiger partial charge in [-0.15, -0.1) is 11.3 Å². The number of thiazole rings is 1. The Kier molecular flexibility index (Phi) is 5.21. The number of hydrogen-bond acceptors (Lipinski definition) is 4. The minimum atomic E-state index is -0.501. The molecule has 2 N–H and O–H groups in total. The van der Waals surface area contributed by atoms with E-state index in [0.717, 1.165) is 37.9 Å². The van der Waals surface area contributed by atoms with Gasteiger partial charge in [0.2, 0.25) is 0 Å². The summed E-state index contributed by atoms with van der Waals surface area (Å²) in [6, 6.07) is 0. The van der Waals surface area contributed by atoms with Crippen molar-refractivity contribution in [1.29, 1.82) is 0 Å². The van der Waals surface area contributed by atoms with Gasteiger partial charge in [0.05, 0.1) is 16.3 Å². The molecule has 0 saturated heterocycles. The molecule has 1 saturated carbocycles. The van der Waals surface area contributed by atoms with Crippen LogP contribution in [0, 0.1) is 0 Å². The van der Waals surface area contributed by atoms with Gasteiger partial charge in [-0.25, -0.2) is 4.98 Å². The summed E-state index contributed by atoms with van der Waals surface area (Å²) in [4.78, 5) is 4.68. The molecule has 0 amide bonds. The first-order valence-electron chi connectivity index (χ1n) is 7.77. The van der Waals surface area contributed by atoms with Crippen LogP contribution in [0.2, 0.25) is 0 Å². The quantitative estimate of drug-likeness (QED) is 0.834. The van der Waals surface area contributed by atoms with Crippen LogP contribution in [0.15, 0.2) is 5.38 Å². The van der Waals surface area contributed by atoms with E-state index in [1.165, 1.54) is 17.8 Å². The van der Waals surface area contributed by atoms with E-state index in [-0.39, 0.29) is 5.41 Å². The highest BCUT2D eigenvalue weighted by atomic mass is 32.1. The van der Waals surface area contributed by atoms with Crippen molar-refractivity contribution in [3.8, 4) is 0 Å². The Bertz CT molecular complexity index is 414. The summed E-state index contributed by atoms with van der Waals surface area (Å²) < 4.78 is 0. The highest BCUT2D eigenvalue weighted by Gasteiger charge is 2.27. The van der Waals surface area contributed by atoms with Crippen LogP contribution < -0.4 is 5.32 Å². The topological polar surface area (TPSA) is 45.2 Å². The van der Waals surface area contributed by atoms with Crippen molar-refractivity contribution in [2.75, 3.05) is 6.54 Å². The summed E-state index contributed by atoms with van der Waals surface area (Å²) in [7, 11) is 0. The van der Waals surface area contributed by atoms with Crippen LogP contribution in [-0.4, -0.2) is 22.2 Å². The molecular formula is C16H28N2OS. The van der Waals surface area contributed by atoms with Gasteiger partial charge in [-0.05, 0) is 12.8 Å². The first-order chi connectivity index (χ1) is 9.39. The lowest BCUT2D eigenvalue weighted by Crippen LogP contribution is -2.39.